The summed E-state index contributed by atoms with van der Waals surface area (Å²) in [5.74, 6) is -0.112. The number of benzene rings is 1. The second-order valence-electron chi connectivity index (χ2n) is 4.53. The zero-order valence-electron chi connectivity index (χ0n) is 12.0. The molecule has 0 fully saturated rings. The predicted octanol–water partition coefficient (Wildman–Crippen LogP) is 1.73. The van der Waals surface area contributed by atoms with Crippen LogP contribution in [0.1, 0.15) is 12.5 Å². The Morgan fingerprint density at radius 1 is 1.38 bits per heavy atom. The molecule has 0 unspecified atom stereocenters. The second kappa shape index (κ2) is 7.40. The normalized spacial score (nSPS) is 11.0. The molecule has 1 heterocycles. The molecule has 1 N–H and O–H groups in total. The molecule has 0 saturated heterocycles. The summed E-state index contributed by atoms with van der Waals surface area (Å²) in [6.07, 6.45) is 6.81. The maximum absolute atomic E-state index is 11.9. The van der Waals surface area contributed by atoms with E-state index >= 15 is 0 Å². The van der Waals surface area contributed by atoms with Crippen molar-refractivity contribution in [1.82, 2.24) is 14.7 Å². The van der Waals surface area contributed by atoms with E-state index in [4.69, 9.17) is 5.11 Å². The Bertz CT molecular complexity index is 605. The van der Waals surface area contributed by atoms with Crippen molar-refractivity contribution < 1.29 is 9.90 Å². The van der Waals surface area contributed by atoms with Gasteiger partial charge in [0.2, 0.25) is 5.91 Å². The highest BCUT2D eigenvalue weighted by Crippen LogP contribution is 2.09. The molecule has 0 aliphatic rings. The van der Waals surface area contributed by atoms with Gasteiger partial charge < -0.3 is 10.0 Å². The van der Waals surface area contributed by atoms with Gasteiger partial charge in [-0.05, 0) is 25.1 Å². The van der Waals surface area contributed by atoms with Gasteiger partial charge >= 0.3 is 0 Å². The van der Waals surface area contributed by atoms with Crippen LogP contribution in [0, 0.1) is 0 Å². The standard InChI is InChI=1S/C16H19N3O2/c1-2-18(10-11-20)16(21)9-8-14-12-17-19(13-14)15-6-4-3-5-7-15/h3-9,12-13,20H,2,10-11H2,1H3/b9-8+. The molecule has 0 atom stereocenters. The zero-order chi connectivity index (χ0) is 15.1. The van der Waals surface area contributed by atoms with Crippen LogP contribution >= 0.6 is 0 Å². The van der Waals surface area contributed by atoms with Crippen LogP contribution in [-0.4, -0.2) is 45.4 Å². The molecule has 0 saturated carbocycles. The van der Waals surface area contributed by atoms with Crippen molar-refractivity contribution in [2.24, 2.45) is 0 Å². The lowest BCUT2D eigenvalue weighted by Crippen LogP contribution is -2.31. The maximum Gasteiger partial charge on any atom is 0.246 e. The number of para-hydroxylation sites is 1. The van der Waals surface area contributed by atoms with Crippen LogP contribution < -0.4 is 0 Å². The molecule has 2 aromatic rings. The predicted molar refractivity (Wildman–Crippen MR) is 81.9 cm³/mol. The van der Waals surface area contributed by atoms with Gasteiger partial charge in [0.05, 0.1) is 18.5 Å². The summed E-state index contributed by atoms with van der Waals surface area (Å²) in [5.41, 5.74) is 1.83. The quantitative estimate of drug-likeness (QED) is 0.822. The van der Waals surface area contributed by atoms with Gasteiger partial charge in [-0.25, -0.2) is 4.68 Å². The Hall–Kier alpha value is -2.40. The summed E-state index contributed by atoms with van der Waals surface area (Å²) < 4.78 is 1.76. The third kappa shape index (κ3) is 4.03. The first-order valence-corrected chi connectivity index (χ1v) is 6.92. The summed E-state index contributed by atoms with van der Waals surface area (Å²) >= 11 is 0. The van der Waals surface area contributed by atoms with Crippen LogP contribution in [0.25, 0.3) is 11.8 Å². The average Bonchev–Trinajstić information content (AvgIpc) is 3.00. The summed E-state index contributed by atoms with van der Waals surface area (Å²) in [5, 5.41) is 13.2. The number of nitrogens with zero attached hydrogens (tertiary/aromatic N) is 3. The van der Waals surface area contributed by atoms with Gasteiger partial charge in [0.25, 0.3) is 0 Å². The van der Waals surface area contributed by atoms with E-state index in [2.05, 4.69) is 5.10 Å². The first kappa shape index (κ1) is 15.0. The number of carbonyl (C=O) groups excluding carboxylic acids is 1. The minimum absolute atomic E-state index is 0.0284. The molecule has 0 spiro atoms. The van der Waals surface area contributed by atoms with E-state index in [9.17, 15) is 4.79 Å². The Morgan fingerprint density at radius 3 is 2.81 bits per heavy atom. The Kier molecular flexibility index (Phi) is 5.29. The van der Waals surface area contributed by atoms with Crippen LogP contribution in [0.15, 0.2) is 48.8 Å². The van der Waals surface area contributed by atoms with E-state index in [0.717, 1.165) is 11.3 Å². The number of aliphatic hydroxyl groups is 1. The van der Waals surface area contributed by atoms with Crippen molar-refractivity contribution in [3.8, 4) is 5.69 Å². The Morgan fingerprint density at radius 2 is 2.14 bits per heavy atom. The first-order chi connectivity index (χ1) is 10.2. The van der Waals surface area contributed by atoms with E-state index in [0.29, 0.717) is 13.1 Å². The minimum atomic E-state index is -0.112. The Balaban J connectivity index is 2.05. The van der Waals surface area contributed by atoms with Gasteiger partial charge in [0.1, 0.15) is 0 Å². The summed E-state index contributed by atoms with van der Waals surface area (Å²) in [7, 11) is 0. The third-order valence-corrected chi connectivity index (χ3v) is 3.10. The molecule has 0 bridgehead atoms. The smallest absolute Gasteiger partial charge is 0.246 e. The van der Waals surface area contributed by atoms with Gasteiger partial charge in [-0.2, -0.15) is 5.10 Å². The molecule has 0 aliphatic heterocycles. The number of hydrogen-bond donors (Lipinski definition) is 1. The lowest BCUT2D eigenvalue weighted by molar-refractivity contribution is -0.126. The fourth-order valence-electron chi connectivity index (χ4n) is 1.96. The first-order valence-electron chi connectivity index (χ1n) is 6.92. The molecule has 1 amide bonds. The SMILES string of the molecule is CCN(CCO)C(=O)/C=C/c1cnn(-c2ccccc2)c1. The van der Waals surface area contributed by atoms with Crippen LogP contribution in [-0.2, 0) is 4.79 Å². The number of rotatable bonds is 6. The fraction of sp³-hybridized carbons (Fsp3) is 0.250. The van der Waals surface area contributed by atoms with Crippen molar-refractivity contribution in [1.29, 1.82) is 0 Å². The molecular formula is C16H19N3O2. The maximum atomic E-state index is 11.9. The highest BCUT2D eigenvalue weighted by atomic mass is 16.3. The molecule has 110 valence electrons. The second-order valence-corrected chi connectivity index (χ2v) is 4.53. The third-order valence-electron chi connectivity index (χ3n) is 3.10. The molecule has 0 radical (unpaired) electrons. The number of aromatic nitrogens is 2. The molecule has 1 aromatic carbocycles. The number of carbonyl (C=O) groups is 1. The van der Waals surface area contributed by atoms with E-state index < -0.39 is 0 Å². The van der Waals surface area contributed by atoms with E-state index in [-0.39, 0.29) is 12.5 Å². The lowest BCUT2D eigenvalue weighted by atomic mass is 10.3. The fourth-order valence-corrected chi connectivity index (χ4v) is 1.96. The van der Waals surface area contributed by atoms with E-state index in [1.54, 1.807) is 21.9 Å². The number of amides is 1. The van der Waals surface area contributed by atoms with Crippen LogP contribution in [0.3, 0.4) is 0 Å². The number of aliphatic hydroxyl groups excluding tert-OH is 1. The van der Waals surface area contributed by atoms with Crippen LogP contribution in [0.2, 0.25) is 0 Å². The summed E-state index contributed by atoms with van der Waals surface area (Å²) in [6, 6.07) is 9.78. The van der Waals surface area contributed by atoms with Gasteiger partial charge in [0, 0.05) is 30.9 Å². The molecular weight excluding hydrogens is 266 g/mol. The molecule has 2 rings (SSSR count). The zero-order valence-corrected chi connectivity index (χ0v) is 12.0. The lowest BCUT2D eigenvalue weighted by Gasteiger charge is -2.17. The van der Waals surface area contributed by atoms with E-state index in [1.807, 2.05) is 43.5 Å². The van der Waals surface area contributed by atoms with Crippen LogP contribution in [0.4, 0.5) is 0 Å². The minimum Gasteiger partial charge on any atom is -0.395 e. The highest BCUT2D eigenvalue weighted by Gasteiger charge is 2.07. The molecule has 5 nitrogen and oxygen atoms in total. The largest absolute Gasteiger partial charge is 0.395 e. The van der Waals surface area contributed by atoms with Crippen molar-refractivity contribution in [2.75, 3.05) is 19.7 Å². The Labute approximate surface area is 124 Å². The summed E-state index contributed by atoms with van der Waals surface area (Å²) in [4.78, 5) is 13.5. The average molecular weight is 285 g/mol. The molecule has 1 aromatic heterocycles. The van der Waals surface area contributed by atoms with Crippen molar-refractivity contribution in [2.45, 2.75) is 6.92 Å². The van der Waals surface area contributed by atoms with Gasteiger partial charge in [0.15, 0.2) is 0 Å². The van der Waals surface area contributed by atoms with Gasteiger partial charge in [-0.15, -0.1) is 0 Å². The summed E-state index contributed by atoms with van der Waals surface area (Å²) in [6.45, 7) is 2.78. The van der Waals surface area contributed by atoms with Gasteiger partial charge in [-0.3, -0.25) is 4.79 Å². The van der Waals surface area contributed by atoms with Crippen molar-refractivity contribution >= 4 is 12.0 Å². The van der Waals surface area contributed by atoms with E-state index in [1.165, 1.54) is 6.08 Å². The molecule has 0 aliphatic carbocycles. The van der Waals surface area contributed by atoms with Gasteiger partial charge in [-0.1, -0.05) is 18.2 Å². The van der Waals surface area contributed by atoms with Crippen molar-refractivity contribution in [3.05, 3.63) is 54.4 Å². The van der Waals surface area contributed by atoms with Crippen LogP contribution in [0.5, 0.6) is 0 Å². The van der Waals surface area contributed by atoms with Crippen molar-refractivity contribution in [3.63, 3.8) is 0 Å². The molecule has 21 heavy (non-hydrogen) atoms. The topological polar surface area (TPSA) is 58.4 Å². The monoisotopic (exact) mass is 285 g/mol. The highest BCUT2D eigenvalue weighted by molar-refractivity contribution is 5.91. The number of hydrogen-bond acceptors (Lipinski definition) is 3. The number of likely N-dealkylation sites (N-methyl/N-ethyl adjacent to an activating group) is 1. The molecule has 5 heteroatoms.